The molecule has 1 saturated carbocycles. The van der Waals surface area contributed by atoms with Crippen LogP contribution in [0.5, 0.6) is 0 Å². The van der Waals surface area contributed by atoms with E-state index in [2.05, 4.69) is 4.99 Å². The van der Waals surface area contributed by atoms with Crippen molar-refractivity contribution in [1.29, 1.82) is 0 Å². The number of hydrogen-bond acceptors (Lipinski definition) is 4. The quantitative estimate of drug-likeness (QED) is 0.609. The van der Waals surface area contributed by atoms with Gasteiger partial charge in [-0.15, -0.1) is 0 Å². The number of benzene rings is 1. The number of nitro benzene ring substituents is 1. The molecular formula is C13H13FN2O3. The van der Waals surface area contributed by atoms with Crippen molar-refractivity contribution in [2.24, 2.45) is 10.9 Å². The molecule has 0 N–H and O–H groups in total. The van der Waals surface area contributed by atoms with E-state index < -0.39 is 11.1 Å². The molecule has 4 unspecified atom stereocenters. The van der Waals surface area contributed by atoms with Crippen molar-refractivity contribution in [1.82, 2.24) is 0 Å². The summed E-state index contributed by atoms with van der Waals surface area (Å²) in [6, 6.07) is 5.91. The number of halogens is 1. The molecule has 1 aliphatic carbocycles. The van der Waals surface area contributed by atoms with Crippen LogP contribution < -0.4 is 0 Å². The van der Waals surface area contributed by atoms with Crippen LogP contribution in [0.2, 0.25) is 0 Å². The lowest BCUT2D eigenvalue weighted by molar-refractivity contribution is -0.384. The molecule has 1 aliphatic heterocycles. The van der Waals surface area contributed by atoms with Crippen molar-refractivity contribution in [3.8, 4) is 0 Å². The lowest BCUT2D eigenvalue weighted by atomic mass is 10.1. The Morgan fingerprint density at radius 3 is 2.68 bits per heavy atom. The van der Waals surface area contributed by atoms with Crippen LogP contribution in [0.4, 0.5) is 10.1 Å². The summed E-state index contributed by atoms with van der Waals surface area (Å²) in [7, 11) is 0. The number of aliphatic imine (C=N–C) groups is 1. The number of nitrogens with zero attached hydrogens (tertiary/aromatic N) is 2. The number of non-ortho nitro benzene ring substituents is 1. The Labute approximate surface area is 109 Å². The summed E-state index contributed by atoms with van der Waals surface area (Å²) in [5, 5.41) is 10.6. The zero-order chi connectivity index (χ0) is 13.6. The van der Waals surface area contributed by atoms with E-state index >= 15 is 0 Å². The second-order valence-corrected chi connectivity index (χ2v) is 5.00. The molecule has 0 bridgehead atoms. The third-order valence-electron chi connectivity index (χ3n) is 3.79. The summed E-state index contributed by atoms with van der Waals surface area (Å²) < 4.78 is 19.2. The van der Waals surface area contributed by atoms with E-state index in [1.807, 2.05) is 6.92 Å². The van der Waals surface area contributed by atoms with E-state index in [4.69, 9.17) is 4.74 Å². The minimum absolute atomic E-state index is 0.0275. The smallest absolute Gasteiger partial charge is 0.269 e. The first-order valence-electron chi connectivity index (χ1n) is 6.19. The number of nitro groups is 1. The second-order valence-electron chi connectivity index (χ2n) is 5.00. The highest BCUT2D eigenvalue weighted by atomic mass is 19.1. The third-order valence-corrected chi connectivity index (χ3v) is 3.79. The first kappa shape index (κ1) is 12.1. The Morgan fingerprint density at radius 2 is 2.11 bits per heavy atom. The van der Waals surface area contributed by atoms with E-state index in [0.717, 1.165) is 0 Å². The van der Waals surface area contributed by atoms with E-state index in [-0.39, 0.29) is 23.8 Å². The van der Waals surface area contributed by atoms with Gasteiger partial charge in [0.25, 0.3) is 5.69 Å². The average molecular weight is 264 g/mol. The number of hydrogen-bond donors (Lipinski definition) is 0. The first-order chi connectivity index (χ1) is 9.06. The maximum absolute atomic E-state index is 13.5. The fourth-order valence-electron chi connectivity index (χ4n) is 2.63. The topological polar surface area (TPSA) is 64.7 Å². The Morgan fingerprint density at radius 1 is 1.42 bits per heavy atom. The molecule has 3 rings (SSSR count). The van der Waals surface area contributed by atoms with Gasteiger partial charge in [0, 0.05) is 30.0 Å². The molecule has 0 spiro atoms. The number of fused-ring (bicyclic) bond motifs is 1. The fraction of sp³-hybridized carbons (Fsp3) is 0.462. The molecule has 0 radical (unpaired) electrons. The SMILES string of the molecule is CC1C(F)CC2N=C(c3ccc([N+](=O)[O-])cc3)OC21. The number of alkyl halides is 1. The normalized spacial score (nSPS) is 32.6. The summed E-state index contributed by atoms with van der Waals surface area (Å²) in [6.45, 7) is 1.82. The summed E-state index contributed by atoms with van der Waals surface area (Å²) in [4.78, 5) is 14.5. The van der Waals surface area contributed by atoms with Gasteiger partial charge in [-0.05, 0) is 12.1 Å². The van der Waals surface area contributed by atoms with Gasteiger partial charge in [-0.1, -0.05) is 6.92 Å². The van der Waals surface area contributed by atoms with Gasteiger partial charge >= 0.3 is 0 Å². The van der Waals surface area contributed by atoms with Crippen LogP contribution in [0.3, 0.4) is 0 Å². The Hall–Kier alpha value is -1.98. The highest BCUT2D eigenvalue weighted by molar-refractivity contribution is 5.95. The van der Waals surface area contributed by atoms with Gasteiger partial charge in [0.05, 0.1) is 11.0 Å². The predicted octanol–water partition coefficient (Wildman–Crippen LogP) is 2.49. The summed E-state index contributed by atoms with van der Waals surface area (Å²) in [5.74, 6) is 0.299. The van der Waals surface area contributed by atoms with Crippen molar-refractivity contribution in [3.05, 3.63) is 39.9 Å². The van der Waals surface area contributed by atoms with Crippen molar-refractivity contribution < 1.29 is 14.1 Å². The lowest BCUT2D eigenvalue weighted by Gasteiger charge is -2.15. The van der Waals surface area contributed by atoms with Gasteiger partial charge in [-0.3, -0.25) is 10.1 Å². The molecule has 1 aromatic carbocycles. The minimum atomic E-state index is -0.864. The van der Waals surface area contributed by atoms with E-state index in [1.165, 1.54) is 12.1 Å². The first-order valence-corrected chi connectivity index (χ1v) is 6.19. The van der Waals surface area contributed by atoms with Crippen LogP contribution >= 0.6 is 0 Å². The standard InChI is InChI=1S/C13H13FN2O3/c1-7-10(14)6-11-12(7)19-13(15-11)8-2-4-9(5-3-8)16(17)18/h2-5,7,10-12H,6H2,1H3. The molecule has 0 amide bonds. The summed E-state index contributed by atoms with van der Waals surface area (Å²) in [5.41, 5.74) is 0.724. The molecule has 4 atom stereocenters. The molecule has 1 fully saturated rings. The molecule has 5 nitrogen and oxygen atoms in total. The molecule has 100 valence electrons. The van der Waals surface area contributed by atoms with Crippen LogP contribution in [0.15, 0.2) is 29.3 Å². The highest BCUT2D eigenvalue weighted by Gasteiger charge is 2.46. The molecule has 0 saturated heterocycles. The Kier molecular flexibility index (Phi) is 2.73. The molecular weight excluding hydrogens is 251 g/mol. The number of ether oxygens (including phenoxy) is 1. The third kappa shape index (κ3) is 1.97. The van der Waals surface area contributed by atoms with Gasteiger partial charge in [-0.25, -0.2) is 9.38 Å². The highest BCUT2D eigenvalue weighted by Crippen LogP contribution is 2.37. The Balaban J connectivity index is 1.81. The van der Waals surface area contributed by atoms with Crippen LogP contribution in [0.25, 0.3) is 0 Å². The summed E-state index contributed by atoms with van der Waals surface area (Å²) >= 11 is 0. The average Bonchev–Trinajstić information content (AvgIpc) is 2.91. The lowest BCUT2D eigenvalue weighted by Crippen LogP contribution is -2.23. The van der Waals surface area contributed by atoms with Crippen molar-refractivity contribution in [3.63, 3.8) is 0 Å². The zero-order valence-corrected chi connectivity index (χ0v) is 10.3. The molecule has 0 aromatic heterocycles. The maximum atomic E-state index is 13.5. The van der Waals surface area contributed by atoms with Gasteiger partial charge in [-0.2, -0.15) is 0 Å². The molecule has 2 aliphatic rings. The molecule has 1 heterocycles. The van der Waals surface area contributed by atoms with Gasteiger partial charge in [0.1, 0.15) is 12.3 Å². The zero-order valence-electron chi connectivity index (χ0n) is 10.3. The molecule has 6 heteroatoms. The van der Waals surface area contributed by atoms with Crippen LogP contribution in [0.1, 0.15) is 18.9 Å². The fourth-order valence-corrected chi connectivity index (χ4v) is 2.63. The summed E-state index contributed by atoms with van der Waals surface area (Å²) in [6.07, 6.45) is -0.681. The van der Waals surface area contributed by atoms with Gasteiger partial charge in [0.15, 0.2) is 0 Å². The van der Waals surface area contributed by atoms with Gasteiger partial charge in [0.2, 0.25) is 5.90 Å². The maximum Gasteiger partial charge on any atom is 0.269 e. The monoisotopic (exact) mass is 264 g/mol. The van der Waals surface area contributed by atoms with E-state index in [0.29, 0.717) is 17.9 Å². The largest absolute Gasteiger partial charge is 0.471 e. The van der Waals surface area contributed by atoms with Crippen LogP contribution in [-0.2, 0) is 4.74 Å². The van der Waals surface area contributed by atoms with E-state index in [1.54, 1.807) is 12.1 Å². The van der Waals surface area contributed by atoms with Crippen LogP contribution in [-0.4, -0.2) is 29.1 Å². The van der Waals surface area contributed by atoms with E-state index in [9.17, 15) is 14.5 Å². The number of rotatable bonds is 2. The molecule has 1 aromatic rings. The minimum Gasteiger partial charge on any atom is -0.471 e. The van der Waals surface area contributed by atoms with Crippen LogP contribution in [0, 0.1) is 16.0 Å². The van der Waals surface area contributed by atoms with Crippen molar-refractivity contribution in [2.75, 3.05) is 0 Å². The predicted molar refractivity (Wildman–Crippen MR) is 67.0 cm³/mol. The van der Waals surface area contributed by atoms with Crippen molar-refractivity contribution in [2.45, 2.75) is 31.7 Å². The van der Waals surface area contributed by atoms with Crippen molar-refractivity contribution >= 4 is 11.6 Å². The second kappa shape index (κ2) is 4.29. The molecule has 19 heavy (non-hydrogen) atoms. The Bertz CT molecular complexity index is 543. The van der Waals surface area contributed by atoms with Gasteiger partial charge < -0.3 is 4.74 Å².